The molecule has 1 fully saturated rings. The highest BCUT2D eigenvalue weighted by molar-refractivity contribution is 5.23. The lowest BCUT2D eigenvalue weighted by Gasteiger charge is -2.31. The highest BCUT2D eigenvalue weighted by Crippen LogP contribution is 2.22. The molecule has 0 radical (unpaired) electrons. The fourth-order valence-electron chi connectivity index (χ4n) is 2.58. The SMILES string of the molecule is Cc1ccc([C@H](C)N[C@H]2CCCC[C@@H]2O)cc1. The quantitative estimate of drug-likeness (QED) is 0.841. The average Bonchev–Trinajstić information content (AvgIpc) is 2.33. The lowest BCUT2D eigenvalue weighted by molar-refractivity contribution is 0.0860. The first-order valence-corrected chi connectivity index (χ1v) is 6.67. The first kappa shape index (κ1) is 12.6. The van der Waals surface area contributed by atoms with Gasteiger partial charge in [-0.3, -0.25) is 0 Å². The Labute approximate surface area is 104 Å². The minimum Gasteiger partial charge on any atom is -0.392 e. The molecule has 1 aliphatic carbocycles. The predicted octanol–water partition coefficient (Wildman–Crippen LogP) is 2.95. The van der Waals surface area contributed by atoms with Crippen molar-refractivity contribution >= 4 is 0 Å². The van der Waals surface area contributed by atoms with Gasteiger partial charge in [-0.05, 0) is 32.3 Å². The molecule has 2 N–H and O–H groups in total. The number of aliphatic hydroxyl groups is 1. The van der Waals surface area contributed by atoms with Gasteiger partial charge in [-0.1, -0.05) is 42.7 Å². The van der Waals surface area contributed by atoms with Gasteiger partial charge in [0.05, 0.1) is 6.10 Å². The van der Waals surface area contributed by atoms with Crippen LogP contribution < -0.4 is 5.32 Å². The largest absolute Gasteiger partial charge is 0.392 e. The van der Waals surface area contributed by atoms with Crippen LogP contribution in [-0.4, -0.2) is 17.3 Å². The van der Waals surface area contributed by atoms with Gasteiger partial charge in [-0.25, -0.2) is 0 Å². The van der Waals surface area contributed by atoms with Crippen LogP contribution in [0, 0.1) is 6.92 Å². The van der Waals surface area contributed by atoms with E-state index in [0.717, 1.165) is 19.3 Å². The highest BCUT2D eigenvalue weighted by Gasteiger charge is 2.24. The Bertz CT molecular complexity index is 346. The summed E-state index contributed by atoms with van der Waals surface area (Å²) in [5.74, 6) is 0. The molecule has 1 aromatic rings. The van der Waals surface area contributed by atoms with Gasteiger partial charge < -0.3 is 10.4 Å². The second-order valence-corrected chi connectivity index (χ2v) is 5.26. The van der Waals surface area contributed by atoms with E-state index in [4.69, 9.17) is 0 Å². The molecule has 0 aliphatic heterocycles. The number of aryl methyl sites for hydroxylation is 1. The third kappa shape index (κ3) is 3.30. The van der Waals surface area contributed by atoms with Crippen molar-refractivity contribution < 1.29 is 5.11 Å². The molecule has 0 saturated heterocycles. The summed E-state index contributed by atoms with van der Waals surface area (Å²) in [5, 5.41) is 13.5. The second-order valence-electron chi connectivity index (χ2n) is 5.26. The van der Waals surface area contributed by atoms with E-state index in [-0.39, 0.29) is 12.1 Å². The Morgan fingerprint density at radius 2 is 1.82 bits per heavy atom. The standard InChI is InChI=1S/C15H23NO/c1-11-7-9-13(10-8-11)12(2)16-14-5-3-4-6-15(14)17/h7-10,12,14-17H,3-6H2,1-2H3/t12-,14-,15-/m0/s1. The van der Waals surface area contributed by atoms with Gasteiger partial charge in [-0.2, -0.15) is 0 Å². The molecule has 0 spiro atoms. The number of nitrogens with one attached hydrogen (secondary N) is 1. The van der Waals surface area contributed by atoms with Crippen LogP contribution in [0.15, 0.2) is 24.3 Å². The number of aliphatic hydroxyl groups excluding tert-OH is 1. The van der Waals surface area contributed by atoms with E-state index in [2.05, 4.69) is 43.4 Å². The summed E-state index contributed by atoms with van der Waals surface area (Å²) in [5.41, 5.74) is 2.59. The van der Waals surface area contributed by atoms with Gasteiger partial charge in [0.15, 0.2) is 0 Å². The molecule has 0 heterocycles. The summed E-state index contributed by atoms with van der Waals surface area (Å²) in [6.45, 7) is 4.28. The normalized spacial score (nSPS) is 26.8. The number of hydrogen-bond acceptors (Lipinski definition) is 2. The Morgan fingerprint density at radius 1 is 1.18 bits per heavy atom. The van der Waals surface area contributed by atoms with Gasteiger partial charge in [0.1, 0.15) is 0 Å². The van der Waals surface area contributed by atoms with Crippen molar-refractivity contribution in [1.29, 1.82) is 0 Å². The molecule has 1 aliphatic rings. The predicted molar refractivity (Wildman–Crippen MR) is 71.0 cm³/mol. The fraction of sp³-hybridized carbons (Fsp3) is 0.600. The van der Waals surface area contributed by atoms with Crippen molar-refractivity contribution in [3.8, 4) is 0 Å². The molecule has 2 nitrogen and oxygen atoms in total. The maximum atomic E-state index is 9.95. The van der Waals surface area contributed by atoms with Crippen LogP contribution in [0.4, 0.5) is 0 Å². The van der Waals surface area contributed by atoms with E-state index in [0.29, 0.717) is 6.04 Å². The fourth-order valence-corrected chi connectivity index (χ4v) is 2.58. The molecule has 0 amide bonds. The summed E-state index contributed by atoms with van der Waals surface area (Å²) in [6, 6.07) is 9.20. The minimum atomic E-state index is -0.170. The first-order chi connectivity index (χ1) is 8.16. The Morgan fingerprint density at radius 3 is 2.47 bits per heavy atom. The monoisotopic (exact) mass is 233 g/mol. The molecule has 94 valence electrons. The molecule has 0 bridgehead atoms. The lowest BCUT2D eigenvalue weighted by atomic mass is 9.91. The minimum absolute atomic E-state index is 0.170. The highest BCUT2D eigenvalue weighted by atomic mass is 16.3. The van der Waals surface area contributed by atoms with Crippen molar-refractivity contribution in [2.75, 3.05) is 0 Å². The zero-order valence-corrected chi connectivity index (χ0v) is 10.8. The van der Waals surface area contributed by atoms with Crippen LogP contribution in [0.5, 0.6) is 0 Å². The molecule has 2 heteroatoms. The van der Waals surface area contributed by atoms with E-state index in [1.54, 1.807) is 0 Å². The first-order valence-electron chi connectivity index (χ1n) is 6.67. The van der Waals surface area contributed by atoms with Gasteiger partial charge in [0.25, 0.3) is 0 Å². The average molecular weight is 233 g/mol. The maximum Gasteiger partial charge on any atom is 0.0693 e. The third-order valence-corrected chi connectivity index (χ3v) is 3.77. The summed E-state index contributed by atoms with van der Waals surface area (Å²) in [4.78, 5) is 0. The van der Waals surface area contributed by atoms with E-state index in [1.807, 2.05) is 0 Å². The van der Waals surface area contributed by atoms with Crippen LogP contribution in [-0.2, 0) is 0 Å². The smallest absolute Gasteiger partial charge is 0.0693 e. The van der Waals surface area contributed by atoms with Crippen LogP contribution in [0.2, 0.25) is 0 Å². The summed E-state index contributed by atoms with van der Waals surface area (Å²) >= 11 is 0. The van der Waals surface area contributed by atoms with Crippen molar-refractivity contribution in [2.24, 2.45) is 0 Å². The van der Waals surface area contributed by atoms with Crippen LogP contribution in [0.1, 0.15) is 49.8 Å². The Kier molecular flexibility index (Phi) is 4.19. The molecular weight excluding hydrogens is 210 g/mol. The van der Waals surface area contributed by atoms with Crippen LogP contribution in [0.3, 0.4) is 0 Å². The van der Waals surface area contributed by atoms with Crippen molar-refractivity contribution in [3.05, 3.63) is 35.4 Å². The molecular formula is C15H23NO. The zero-order chi connectivity index (χ0) is 12.3. The van der Waals surface area contributed by atoms with E-state index in [1.165, 1.54) is 17.5 Å². The van der Waals surface area contributed by atoms with Crippen molar-refractivity contribution in [1.82, 2.24) is 5.32 Å². The molecule has 0 unspecified atom stereocenters. The second kappa shape index (κ2) is 5.65. The van der Waals surface area contributed by atoms with E-state index < -0.39 is 0 Å². The van der Waals surface area contributed by atoms with E-state index >= 15 is 0 Å². The molecule has 2 rings (SSSR count). The molecule has 3 atom stereocenters. The molecule has 0 aromatic heterocycles. The zero-order valence-electron chi connectivity index (χ0n) is 10.8. The van der Waals surface area contributed by atoms with E-state index in [9.17, 15) is 5.11 Å². The third-order valence-electron chi connectivity index (χ3n) is 3.77. The van der Waals surface area contributed by atoms with Crippen molar-refractivity contribution in [3.63, 3.8) is 0 Å². The van der Waals surface area contributed by atoms with Gasteiger partial charge in [0.2, 0.25) is 0 Å². The number of benzene rings is 1. The van der Waals surface area contributed by atoms with Gasteiger partial charge in [0, 0.05) is 12.1 Å². The Hall–Kier alpha value is -0.860. The molecule has 17 heavy (non-hydrogen) atoms. The number of rotatable bonds is 3. The van der Waals surface area contributed by atoms with Gasteiger partial charge >= 0.3 is 0 Å². The van der Waals surface area contributed by atoms with Crippen LogP contribution in [0.25, 0.3) is 0 Å². The topological polar surface area (TPSA) is 32.3 Å². The summed E-state index contributed by atoms with van der Waals surface area (Å²) in [6.07, 6.45) is 4.26. The van der Waals surface area contributed by atoms with Gasteiger partial charge in [-0.15, -0.1) is 0 Å². The molecule has 1 aromatic carbocycles. The summed E-state index contributed by atoms with van der Waals surface area (Å²) < 4.78 is 0. The Balaban J connectivity index is 1.95. The molecule has 1 saturated carbocycles. The van der Waals surface area contributed by atoms with Crippen molar-refractivity contribution in [2.45, 2.75) is 57.7 Å². The number of hydrogen-bond donors (Lipinski definition) is 2. The summed E-state index contributed by atoms with van der Waals surface area (Å²) in [7, 11) is 0. The maximum absolute atomic E-state index is 9.95. The van der Waals surface area contributed by atoms with Crippen LogP contribution >= 0.6 is 0 Å². The lowest BCUT2D eigenvalue weighted by Crippen LogP contribution is -2.43.